The molecule has 0 amide bonds. The average molecular weight is 291 g/mol. The molecule has 3 nitrogen and oxygen atoms in total. The number of aryl methyl sites for hydroxylation is 2. The van der Waals surface area contributed by atoms with E-state index >= 15 is 0 Å². The second kappa shape index (κ2) is 7.39. The Labute approximate surface area is 129 Å². The highest BCUT2D eigenvalue weighted by Gasteiger charge is 2.40. The van der Waals surface area contributed by atoms with E-state index in [2.05, 4.69) is 44.3 Å². The van der Waals surface area contributed by atoms with E-state index in [9.17, 15) is 0 Å². The predicted octanol–water partition coefficient (Wildman–Crippen LogP) is 3.02. The first kappa shape index (κ1) is 16.5. The SMILES string of the molecule is CCNC(Cc1cc(C)ccc1C)C1(OC)CCOCC1. The fourth-order valence-electron chi connectivity index (χ4n) is 3.34. The molecule has 118 valence electrons. The smallest absolute Gasteiger partial charge is 0.0877 e. The molecule has 0 saturated carbocycles. The van der Waals surface area contributed by atoms with E-state index in [-0.39, 0.29) is 5.60 Å². The molecule has 1 fully saturated rings. The molecular weight excluding hydrogens is 262 g/mol. The maximum absolute atomic E-state index is 5.99. The van der Waals surface area contributed by atoms with E-state index in [0.717, 1.165) is 39.0 Å². The van der Waals surface area contributed by atoms with Gasteiger partial charge >= 0.3 is 0 Å². The highest BCUT2D eigenvalue weighted by molar-refractivity contribution is 5.31. The lowest BCUT2D eigenvalue weighted by Crippen LogP contribution is -2.56. The number of methoxy groups -OCH3 is 1. The molecule has 1 aromatic carbocycles. The molecule has 3 heteroatoms. The Bertz CT molecular complexity index is 453. The van der Waals surface area contributed by atoms with Crippen molar-refractivity contribution in [2.45, 2.75) is 51.7 Å². The minimum atomic E-state index is -0.107. The van der Waals surface area contributed by atoms with Gasteiger partial charge in [-0.2, -0.15) is 0 Å². The van der Waals surface area contributed by atoms with Crippen molar-refractivity contribution in [3.8, 4) is 0 Å². The Hall–Kier alpha value is -0.900. The Morgan fingerprint density at radius 1 is 1.29 bits per heavy atom. The molecular formula is C18H29NO2. The number of nitrogens with one attached hydrogen (secondary N) is 1. The molecule has 1 aliphatic rings. The van der Waals surface area contributed by atoms with Crippen LogP contribution in [-0.4, -0.2) is 38.5 Å². The lowest BCUT2D eigenvalue weighted by atomic mass is 9.81. The largest absolute Gasteiger partial charge is 0.381 e. The lowest BCUT2D eigenvalue weighted by molar-refractivity contribution is -0.110. The van der Waals surface area contributed by atoms with Crippen LogP contribution >= 0.6 is 0 Å². The fourth-order valence-corrected chi connectivity index (χ4v) is 3.34. The molecule has 1 aromatic rings. The van der Waals surface area contributed by atoms with E-state index in [1.54, 1.807) is 0 Å². The van der Waals surface area contributed by atoms with Gasteiger partial charge in [-0.1, -0.05) is 30.7 Å². The third kappa shape index (κ3) is 3.85. The first-order valence-electron chi connectivity index (χ1n) is 8.03. The molecule has 1 N–H and O–H groups in total. The summed E-state index contributed by atoms with van der Waals surface area (Å²) in [7, 11) is 1.85. The summed E-state index contributed by atoms with van der Waals surface area (Å²) >= 11 is 0. The van der Waals surface area contributed by atoms with Crippen LogP contribution in [0.25, 0.3) is 0 Å². The molecule has 21 heavy (non-hydrogen) atoms. The van der Waals surface area contributed by atoms with Crippen molar-refractivity contribution < 1.29 is 9.47 Å². The van der Waals surface area contributed by atoms with Gasteiger partial charge in [0.15, 0.2) is 0 Å². The summed E-state index contributed by atoms with van der Waals surface area (Å²) in [6.07, 6.45) is 2.94. The van der Waals surface area contributed by atoms with Crippen LogP contribution in [0.2, 0.25) is 0 Å². The molecule has 1 aliphatic heterocycles. The fraction of sp³-hybridized carbons (Fsp3) is 0.667. The zero-order valence-electron chi connectivity index (χ0n) is 13.9. The van der Waals surface area contributed by atoms with Gasteiger partial charge in [0.2, 0.25) is 0 Å². The number of hydrogen-bond acceptors (Lipinski definition) is 3. The Kier molecular flexibility index (Phi) is 5.80. The summed E-state index contributed by atoms with van der Waals surface area (Å²) in [5, 5.41) is 3.66. The van der Waals surface area contributed by atoms with Crippen molar-refractivity contribution in [2.24, 2.45) is 0 Å². The van der Waals surface area contributed by atoms with Crippen LogP contribution in [0, 0.1) is 13.8 Å². The third-order valence-corrected chi connectivity index (χ3v) is 4.76. The van der Waals surface area contributed by atoms with Crippen LogP contribution in [0.3, 0.4) is 0 Å². The molecule has 0 bridgehead atoms. The number of likely N-dealkylation sites (N-methyl/N-ethyl adjacent to an activating group) is 1. The Morgan fingerprint density at radius 3 is 2.62 bits per heavy atom. The standard InChI is InChI=1S/C18H29NO2/c1-5-19-17(18(20-4)8-10-21-11-9-18)13-16-12-14(2)6-7-15(16)3/h6-7,12,17,19H,5,8-11,13H2,1-4H3. The molecule has 1 unspecified atom stereocenters. The molecule has 0 aromatic heterocycles. The zero-order valence-corrected chi connectivity index (χ0v) is 13.9. The van der Waals surface area contributed by atoms with Crippen molar-refractivity contribution in [1.29, 1.82) is 0 Å². The van der Waals surface area contributed by atoms with Crippen LogP contribution < -0.4 is 5.32 Å². The predicted molar refractivity (Wildman–Crippen MR) is 86.9 cm³/mol. The molecule has 1 atom stereocenters. The molecule has 0 spiro atoms. The van der Waals surface area contributed by atoms with Crippen LogP contribution in [0.15, 0.2) is 18.2 Å². The maximum Gasteiger partial charge on any atom is 0.0877 e. The lowest BCUT2D eigenvalue weighted by Gasteiger charge is -2.43. The van der Waals surface area contributed by atoms with Gasteiger partial charge in [0.05, 0.1) is 5.60 Å². The van der Waals surface area contributed by atoms with Gasteiger partial charge in [-0.3, -0.25) is 0 Å². The van der Waals surface area contributed by atoms with Crippen molar-refractivity contribution in [1.82, 2.24) is 5.32 Å². The quantitative estimate of drug-likeness (QED) is 0.874. The van der Waals surface area contributed by atoms with Gasteiger partial charge in [-0.05, 0) is 37.9 Å². The summed E-state index contributed by atoms with van der Waals surface area (Å²) in [6, 6.07) is 7.04. The summed E-state index contributed by atoms with van der Waals surface area (Å²) in [6.45, 7) is 9.07. The monoisotopic (exact) mass is 291 g/mol. The van der Waals surface area contributed by atoms with E-state index in [1.165, 1.54) is 16.7 Å². The van der Waals surface area contributed by atoms with Crippen molar-refractivity contribution >= 4 is 0 Å². The van der Waals surface area contributed by atoms with Gasteiger partial charge in [-0.25, -0.2) is 0 Å². The number of hydrogen-bond donors (Lipinski definition) is 1. The minimum absolute atomic E-state index is 0.107. The van der Waals surface area contributed by atoms with Gasteiger partial charge in [0.25, 0.3) is 0 Å². The highest BCUT2D eigenvalue weighted by Crippen LogP contribution is 2.31. The second-order valence-corrected chi connectivity index (χ2v) is 6.13. The molecule has 2 rings (SSSR count). The Balaban J connectivity index is 2.23. The van der Waals surface area contributed by atoms with Gasteiger partial charge in [0, 0.05) is 39.2 Å². The van der Waals surface area contributed by atoms with E-state index in [0.29, 0.717) is 6.04 Å². The van der Waals surface area contributed by atoms with Gasteiger partial charge < -0.3 is 14.8 Å². The minimum Gasteiger partial charge on any atom is -0.381 e. The first-order chi connectivity index (χ1) is 10.1. The van der Waals surface area contributed by atoms with E-state index < -0.39 is 0 Å². The van der Waals surface area contributed by atoms with Crippen molar-refractivity contribution in [3.05, 3.63) is 34.9 Å². The maximum atomic E-state index is 5.99. The van der Waals surface area contributed by atoms with E-state index in [4.69, 9.17) is 9.47 Å². The summed E-state index contributed by atoms with van der Waals surface area (Å²) in [4.78, 5) is 0. The molecule has 0 aliphatic carbocycles. The van der Waals surface area contributed by atoms with Crippen molar-refractivity contribution in [2.75, 3.05) is 26.9 Å². The molecule has 0 radical (unpaired) electrons. The normalized spacial score (nSPS) is 19.4. The van der Waals surface area contributed by atoms with Gasteiger partial charge in [-0.15, -0.1) is 0 Å². The highest BCUT2D eigenvalue weighted by atomic mass is 16.5. The topological polar surface area (TPSA) is 30.5 Å². The second-order valence-electron chi connectivity index (χ2n) is 6.13. The zero-order chi connectivity index (χ0) is 15.3. The van der Waals surface area contributed by atoms with Crippen LogP contribution in [-0.2, 0) is 15.9 Å². The third-order valence-electron chi connectivity index (χ3n) is 4.76. The van der Waals surface area contributed by atoms with Crippen LogP contribution in [0.5, 0.6) is 0 Å². The number of rotatable bonds is 6. The van der Waals surface area contributed by atoms with Crippen molar-refractivity contribution in [3.63, 3.8) is 0 Å². The molecule has 1 saturated heterocycles. The average Bonchev–Trinajstić information content (AvgIpc) is 2.51. The summed E-state index contributed by atoms with van der Waals surface area (Å²) in [5.74, 6) is 0. The summed E-state index contributed by atoms with van der Waals surface area (Å²) < 4.78 is 11.5. The van der Waals surface area contributed by atoms with Crippen LogP contribution in [0.4, 0.5) is 0 Å². The first-order valence-corrected chi connectivity index (χ1v) is 8.03. The Morgan fingerprint density at radius 2 is 2.00 bits per heavy atom. The number of benzene rings is 1. The van der Waals surface area contributed by atoms with Crippen LogP contribution in [0.1, 0.15) is 36.5 Å². The van der Waals surface area contributed by atoms with Gasteiger partial charge in [0.1, 0.15) is 0 Å². The molecule has 1 heterocycles. The van der Waals surface area contributed by atoms with E-state index in [1.807, 2.05) is 7.11 Å². The number of ether oxygens (including phenoxy) is 2. The summed E-state index contributed by atoms with van der Waals surface area (Å²) in [5.41, 5.74) is 4.00.